The summed E-state index contributed by atoms with van der Waals surface area (Å²) in [5.74, 6) is 0. The molecule has 1 aliphatic heterocycles. The third kappa shape index (κ3) is 1.58. The number of nitrogens with zero attached hydrogens (tertiary/aromatic N) is 1. The van der Waals surface area contributed by atoms with E-state index in [2.05, 4.69) is 21.4 Å². The van der Waals surface area contributed by atoms with Crippen LogP contribution in [0.4, 0.5) is 0 Å². The molecule has 15 heavy (non-hydrogen) atoms. The fourth-order valence-electron chi connectivity index (χ4n) is 1.94. The van der Waals surface area contributed by atoms with Gasteiger partial charge in [-0.05, 0) is 12.1 Å². The second-order valence-corrected chi connectivity index (χ2v) is 5.29. The van der Waals surface area contributed by atoms with Gasteiger partial charge in [-0.15, -0.1) is 11.3 Å². The molecule has 2 N–H and O–H groups in total. The van der Waals surface area contributed by atoms with E-state index >= 15 is 0 Å². The number of nitrogens with one attached hydrogen (secondary N) is 2. The highest BCUT2D eigenvalue weighted by molar-refractivity contribution is 7.16. The van der Waals surface area contributed by atoms with Gasteiger partial charge < -0.3 is 10.3 Å². The van der Waals surface area contributed by atoms with Crippen molar-refractivity contribution in [1.29, 1.82) is 0 Å². The van der Waals surface area contributed by atoms with Crippen LogP contribution in [0.25, 0.3) is 0 Å². The minimum atomic E-state index is 0.206. The Kier molecular flexibility index (Phi) is 2.27. The standard InChI is InChI=1S/C10H10ClN3S/c11-8-2-1-7(15-8)10-9-6(3-4-12-10)13-5-14-9/h1-2,5,10,12H,3-4H2,(H,13,14). The number of halogens is 1. The molecule has 78 valence electrons. The van der Waals surface area contributed by atoms with E-state index in [1.807, 2.05) is 6.07 Å². The Morgan fingerprint density at radius 2 is 2.40 bits per heavy atom. The van der Waals surface area contributed by atoms with Crippen LogP contribution in [0.3, 0.4) is 0 Å². The highest BCUT2D eigenvalue weighted by atomic mass is 35.5. The number of fused-ring (bicyclic) bond motifs is 1. The summed E-state index contributed by atoms with van der Waals surface area (Å²) in [7, 11) is 0. The Morgan fingerprint density at radius 3 is 3.20 bits per heavy atom. The average Bonchev–Trinajstić information content (AvgIpc) is 2.84. The summed E-state index contributed by atoms with van der Waals surface area (Å²) in [5.41, 5.74) is 2.35. The minimum absolute atomic E-state index is 0.206. The SMILES string of the molecule is Clc1ccc(C2NCCc3[nH]cnc32)s1. The van der Waals surface area contributed by atoms with Crippen LogP contribution >= 0.6 is 22.9 Å². The molecule has 2 aromatic rings. The number of H-pyrrole nitrogens is 1. The lowest BCUT2D eigenvalue weighted by Gasteiger charge is -2.21. The summed E-state index contributed by atoms with van der Waals surface area (Å²) in [6.45, 7) is 0.982. The zero-order valence-electron chi connectivity index (χ0n) is 7.96. The Bertz CT molecular complexity index is 476. The summed E-state index contributed by atoms with van der Waals surface area (Å²) < 4.78 is 0.828. The van der Waals surface area contributed by atoms with Crippen molar-refractivity contribution in [2.75, 3.05) is 6.54 Å². The Morgan fingerprint density at radius 1 is 1.47 bits per heavy atom. The van der Waals surface area contributed by atoms with Gasteiger partial charge in [0.15, 0.2) is 0 Å². The summed E-state index contributed by atoms with van der Waals surface area (Å²) in [4.78, 5) is 8.78. The van der Waals surface area contributed by atoms with Crippen molar-refractivity contribution in [3.8, 4) is 0 Å². The van der Waals surface area contributed by atoms with E-state index in [0.717, 1.165) is 23.0 Å². The first-order chi connectivity index (χ1) is 7.34. The molecule has 0 bridgehead atoms. The lowest BCUT2D eigenvalue weighted by molar-refractivity contribution is 0.560. The average molecular weight is 240 g/mol. The largest absolute Gasteiger partial charge is 0.348 e. The number of imidazole rings is 1. The zero-order valence-corrected chi connectivity index (χ0v) is 9.53. The van der Waals surface area contributed by atoms with Gasteiger partial charge in [-0.2, -0.15) is 0 Å². The normalized spacial score (nSPS) is 20.2. The van der Waals surface area contributed by atoms with Crippen molar-refractivity contribution >= 4 is 22.9 Å². The summed E-state index contributed by atoms with van der Waals surface area (Å²) in [6, 6.07) is 4.20. The highest BCUT2D eigenvalue weighted by Gasteiger charge is 2.24. The third-order valence-corrected chi connectivity index (χ3v) is 3.92. The van der Waals surface area contributed by atoms with Crippen LogP contribution in [0, 0.1) is 0 Å². The number of aromatic nitrogens is 2. The molecule has 0 saturated heterocycles. The number of aromatic amines is 1. The molecule has 1 atom stereocenters. The van der Waals surface area contributed by atoms with Crippen LogP contribution in [-0.4, -0.2) is 16.5 Å². The Labute approximate surface area is 96.5 Å². The lowest BCUT2D eigenvalue weighted by atomic mass is 10.0. The van der Waals surface area contributed by atoms with Crippen molar-refractivity contribution in [2.24, 2.45) is 0 Å². The predicted molar refractivity (Wildman–Crippen MR) is 61.5 cm³/mol. The van der Waals surface area contributed by atoms with E-state index < -0.39 is 0 Å². The number of rotatable bonds is 1. The lowest BCUT2D eigenvalue weighted by Crippen LogP contribution is -2.30. The number of hydrogen-bond acceptors (Lipinski definition) is 3. The summed E-state index contributed by atoms with van der Waals surface area (Å²) in [6.07, 6.45) is 2.78. The van der Waals surface area contributed by atoms with Crippen molar-refractivity contribution in [2.45, 2.75) is 12.5 Å². The van der Waals surface area contributed by atoms with E-state index in [4.69, 9.17) is 11.6 Å². The molecular weight excluding hydrogens is 230 g/mol. The molecule has 2 aromatic heterocycles. The molecule has 3 heterocycles. The molecule has 3 rings (SSSR count). The fraction of sp³-hybridized carbons (Fsp3) is 0.300. The van der Waals surface area contributed by atoms with Crippen LogP contribution in [0.15, 0.2) is 18.5 Å². The van der Waals surface area contributed by atoms with Crippen molar-refractivity contribution in [3.05, 3.63) is 39.1 Å². The van der Waals surface area contributed by atoms with Gasteiger partial charge in [-0.1, -0.05) is 11.6 Å². The molecule has 0 radical (unpaired) electrons. The number of hydrogen-bond donors (Lipinski definition) is 2. The second kappa shape index (κ2) is 3.63. The summed E-state index contributed by atoms with van der Waals surface area (Å²) in [5, 5.41) is 3.46. The molecule has 0 aliphatic carbocycles. The topological polar surface area (TPSA) is 40.7 Å². The van der Waals surface area contributed by atoms with Gasteiger partial charge in [0, 0.05) is 23.5 Å². The first-order valence-electron chi connectivity index (χ1n) is 4.85. The maximum Gasteiger partial charge on any atom is 0.0931 e. The minimum Gasteiger partial charge on any atom is -0.348 e. The molecule has 0 fully saturated rings. The van der Waals surface area contributed by atoms with Gasteiger partial charge in [0.25, 0.3) is 0 Å². The van der Waals surface area contributed by atoms with Gasteiger partial charge >= 0.3 is 0 Å². The van der Waals surface area contributed by atoms with E-state index in [0.29, 0.717) is 0 Å². The van der Waals surface area contributed by atoms with Gasteiger partial charge in [0.2, 0.25) is 0 Å². The first-order valence-corrected chi connectivity index (χ1v) is 6.05. The third-order valence-electron chi connectivity index (χ3n) is 2.63. The molecular formula is C10H10ClN3S. The van der Waals surface area contributed by atoms with Gasteiger partial charge in [-0.25, -0.2) is 4.98 Å². The molecule has 5 heteroatoms. The molecule has 0 aromatic carbocycles. The van der Waals surface area contributed by atoms with E-state index in [1.165, 1.54) is 10.6 Å². The van der Waals surface area contributed by atoms with Crippen LogP contribution in [0.5, 0.6) is 0 Å². The zero-order chi connectivity index (χ0) is 10.3. The van der Waals surface area contributed by atoms with Gasteiger partial charge in [0.1, 0.15) is 0 Å². The van der Waals surface area contributed by atoms with E-state index in [1.54, 1.807) is 17.7 Å². The second-order valence-electron chi connectivity index (χ2n) is 3.55. The fourth-order valence-corrected chi connectivity index (χ4v) is 3.08. The molecule has 0 amide bonds. The number of thiophene rings is 1. The Hall–Kier alpha value is -0.840. The van der Waals surface area contributed by atoms with Gasteiger partial charge in [-0.3, -0.25) is 0 Å². The molecule has 3 nitrogen and oxygen atoms in total. The smallest absolute Gasteiger partial charge is 0.0931 e. The van der Waals surface area contributed by atoms with Crippen LogP contribution in [0.1, 0.15) is 22.3 Å². The van der Waals surface area contributed by atoms with Gasteiger partial charge in [0.05, 0.1) is 22.4 Å². The maximum atomic E-state index is 5.94. The molecule has 1 unspecified atom stereocenters. The van der Waals surface area contributed by atoms with Crippen molar-refractivity contribution in [3.63, 3.8) is 0 Å². The van der Waals surface area contributed by atoms with Crippen LogP contribution < -0.4 is 5.32 Å². The van der Waals surface area contributed by atoms with Crippen LogP contribution in [0.2, 0.25) is 4.34 Å². The molecule has 1 aliphatic rings. The molecule has 0 saturated carbocycles. The van der Waals surface area contributed by atoms with Crippen molar-refractivity contribution in [1.82, 2.24) is 15.3 Å². The first kappa shape index (κ1) is 9.39. The van der Waals surface area contributed by atoms with Crippen molar-refractivity contribution < 1.29 is 0 Å². The quantitative estimate of drug-likeness (QED) is 0.802. The summed E-state index contributed by atoms with van der Waals surface area (Å²) >= 11 is 7.55. The van der Waals surface area contributed by atoms with Crippen LogP contribution in [-0.2, 0) is 6.42 Å². The highest BCUT2D eigenvalue weighted by Crippen LogP contribution is 2.32. The van der Waals surface area contributed by atoms with E-state index in [-0.39, 0.29) is 6.04 Å². The maximum absolute atomic E-state index is 5.94. The Balaban J connectivity index is 2.02. The monoisotopic (exact) mass is 239 g/mol. The van der Waals surface area contributed by atoms with E-state index in [9.17, 15) is 0 Å². The predicted octanol–water partition coefficient (Wildman–Crippen LogP) is 2.36. The molecule has 0 spiro atoms.